The maximum atomic E-state index is 13.2. The third-order valence-electron chi connectivity index (χ3n) is 4.52. The molecule has 0 aliphatic carbocycles. The molecule has 2 aromatic carbocycles. The fourth-order valence-corrected chi connectivity index (χ4v) is 4.02. The van der Waals surface area contributed by atoms with E-state index >= 15 is 0 Å². The Morgan fingerprint density at radius 1 is 1.14 bits per heavy atom. The maximum Gasteiger partial charge on any atom is 0.242 e. The minimum absolute atomic E-state index is 0.0482. The summed E-state index contributed by atoms with van der Waals surface area (Å²) in [5.74, 6) is -0.240. The molecule has 1 aliphatic rings. The number of halogens is 1. The van der Waals surface area contributed by atoms with Gasteiger partial charge in [-0.05, 0) is 36.6 Å². The summed E-state index contributed by atoms with van der Waals surface area (Å²) in [5, 5.41) is 8.99. The lowest BCUT2D eigenvalue weighted by Gasteiger charge is -2.15. The van der Waals surface area contributed by atoms with Crippen LogP contribution < -0.4 is 0 Å². The number of amidine groups is 1. The van der Waals surface area contributed by atoms with Gasteiger partial charge in [0.05, 0.1) is 18.0 Å². The number of carbonyl (C=O) groups is 1. The maximum absolute atomic E-state index is 13.2. The number of hydrogen-bond donors (Lipinski definition) is 0. The second-order valence-electron chi connectivity index (χ2n) is 6.84. The van der Waals surface area contributed by atoms with E-state index < -0.39 is 0 Å². The quantitative estimate of drug-likeness (QED) is 0.479. The molecule has 1 saturated heterocycles. The normalized spacial score (nSPS) is 18.5. The van der Waals surface area contributed by atoms with Crippen LogP contribution in [-0.2, 0) is 11.3 Å². The predicted molar refractivity (Wildman–Crippen MR) is 114 cm³/mol. The molecular formula is C22H24FN3OS. The van der Waals surface area contributed by atoms with Gasteiger partial charge in [0.1, 0.15) is 5.82 Å². The molecule has 146 valence electrons. The summed E-state index contributed by atoms with van der Waals surface area (Å²) in [6, 6.07) is 14.2. The highest BCUT2D eigenvalue weighted by molar-refractivity contribution is 8.15. The summed E-state index contributed by atoms with van der Waals surface area (Å²) in [7, 11) is 0. The van der Waals surface area contributed by atoms with Gasteiger partial charge < -0.3 is 0 Å². The van der Waals surface area contributed by atoms with Crippen LogP contribution in [0.25, 0.3) is 0 Å². The average Bonchev–Trinajstić information content (AvgIpc) is 2.98. The summed E-state index contributed by atoms with van der Waals surface area (Å²) >= 11 is 1.47. The molecule has 0 N–H and O–H groups in total. The largest absolute Gasteiger partial charge is 0.284 e. The van der Waals surface area contributed by atoms with E-state index in [4.69, 9.17) is 0 Å². The van der Waals surface area contributed by atoms with Crippen LogP contribution >= 0.6 is 11.8 Å². The number of thioether (sulfide) groups is 1. The van der Waals surface area contributed by atoms with Crippen LogP contribution in [-0.4, -0.2) is 27.4 Å². The Morgan fingerprint density at radius 2 is 1.86 bits per heavy atom. The van der Waals surface area contributed by atoms with Gasteiger partial charge in [-0.1, -0.05) is 73.5 Å². The van der Waals surface area contributed by atoms with Crippen molar-refractivity contribution in [2.45, 2.75) is 44.9 Å². The first-order valence-electron chi connectivity index (χ1n) is 9.47. The molecule has 1 heterocycles. The van der Waals surface area contributed by atoms with Gasteiger partial charge in [-0.15, -0.1) is 5.10 Å². The molecule has 0 bridgehead atoms. The summed E-state index contributed by atoms with van der Waals surface area (Å²) in [6.45, 7) is 4.51. The molecular weight excluding hydrogens is 373 g/mol. The van der Waals surface area contributed by atoms with E-state index in [1.807, 2.05) is 31.2 Å². The highest BCUT2D eigenvalue weighted by Crippen LogP contribution is 2.32. The number of rotatable bonds is 7. The summed E-state index contributed by atoms with van der Waals surface area (Å²) in [5.41, 5.74) is 3.00. The lowest BCUT2D eigenvalue weighted by molar-refractivity contribution is -0.126. The lowest BCUT2D eigenvalue weighted by atomic mass is 10.1. The zero-order chi connectivity index (χ0) is 19.9. The van der Waals surface area contributed by atoms with E-state index in [9.17, 15) is 9.18 Å². The van der Waals surface area contributed by atoms with Crippen LogP contribution in [0.15, 0.2) is 58.7 Å². The Labute approximate surface area is 169 Å². The number of unbranched alkanes of at least 4 members (excludes halogenated alkanes) is 1. The van der Waals surface area contributed by atoms with E-state index in [-0.39, 0.29) is 17.0 Å². The van der Waals surface area contributed by atoms with Gasteiger partial charge in [0.15, 0.2) is 5.17 Å². The van der Waals surface area contributed by atoms with Crippen molar-refractivity contribution in [3.8, 4) is 0 Å². The van der Waals surface area contributed by atoms with Gasteiger partial charge in [0.2, 0.25) is 5.91 Å². The Balaban J connectivity index is 1.78. The smallest absolute Gasteiger partial charge is 0.242 e. The molecule has 6 heteroatoms. The third kappa shape index (κ3) is 5.29. The molecule has 2 aromatic rings. The molecule has 0 spiro atoms. The average molecular weight is 398 g/mol. The highest BCUT2D eigenvalue weighted by atomic mass is 32.2. The molecule has 1 amide bonds. The number of benzene rings is 2. The van der Waals surface area contributed by atoms with Crippen LogP contribution in [0.1, 0.15) is 42.9 Å². The van der Waals surface area contributed by atoms with Crippen LogP contribution in [0.4, 0.5) is 4.39 Å². The monoisotopic (exact) mass is 397 g/mol. The number of nitrogens with zero attached hydrogens (tertiary/aromatic N) is 3. The van der Waals surface area contributed by atoms with Crippen LogP contribution in [0.5, 0.6) is 0 Å². The van der Waals surface area contributed by atoms with Crippen LogP contribution in [0.2, 0.25) is 0 Å². The molecule has 1 fully saturated rings. The van der Waals surface area contributed by atoms with E-state index in [1.165, 1.54) is 29.5 Å². The van der Waals surface area contributed by atoms with Crippen LogP contribution in [0.3, 0.4) is 0 Å². The summed E-state index contributed by atoms with van der Waals surface area (Å²) in [4.78, 5) is 14.5. The number of carbonyl (C=O) groups excluding carboxylic acids is 1. The zero-order valence-electron chi connectivity index (χ0n) is 16.1. The van der Waals surface area contributed by atoms with Crippen molar-refractivity contribution in [2.24, 2.45) is 10.2 Å². The fourth-order valence-electron chi connectivity index (χ4n) is 2.87. The van der Waals surface area contributed by atoms with Crippen molar-refractivity contribution < 1.29 is 9.18 Å². The molecule has 0 aromatic heterocycles. The van der Waals surface area contributed by atoms with Crippen molar-refractivity contribution in [1.82, 2.24) is 4.90 Å². The molecule has 1 aliphatic heterocycles. The summed E-state index contributed by atoms with van der Waals surface area (Å²) < 4.78 is 13.2. The van der Waals surface area contributed by atoms with E-state index in [1.54, 1.807) is 23.2 Å². The van der Waals surface area contributed by atoms with Crippen molar-refractivity contribution in [3.05, 3.63) is 71.0 Å². The minimum atomic E-state index is -0.289. The molecule has 0 saturated carbocycles. The first-order valence-corrected chi connectivity index (χ1v) is 10.3. The molecule has 3 rings (SSSR count). The fraction of sp³-hybridized carbons (Fsp3) is 0.318. The highest BCUT2D eigenvalue weighted by Gasteiger charge is 2.37. The van der Waals surface area contributed by atoms with E-state index in [0.717, 1.165) is 30.4 Å². The van der Waals surface area contributed by atoms with Gasteiger partial charge in [-0.3, -0.25) is 9.69 Å². The molecule has 4 nitrogen and oxygen atoms in total. The topological polar surface area (TPSA) is 45.0 Å². The standard InChI is InChI=1S/C22H24FN3OS/c1-3-4-5-20-21(27)26(15-18-10-12-19(23)13-11-18)22(28-20)25-24-14-17-8-6-16(2)7-9-17/h6-14,20H,3-5,15H2,1-2H3/b24-14-,25-22-/t20-/m1/s1. The molecule has 28 heavy (non-hydrogen) atoms. The zero-order valence-corrected chi connectivity index (χ0v) is 17.0. The Morgan fingerprint density at radius 3 is 2.54 bits per heavy atom. The second kappa shape index (κ2) is 9.64. The van der Waals surface area contributed by atoms with Gasteiger partial charge in [0.25, 0.3) is 0 Å². The minimum Gasteiger partial charge on any atom is -0.284 e. The Kier molecular flexibility index (Phi) is 6.98. The summed E-state index contributed by atoms with van der Waals surface area (Å²) in [6.07, 6.45) is 4.54. The third-order valence-corrected chi connectivity index (χ3v) is 5.76. The lowest BCUT2D eigenvalue weighted by Crippen LogP contribution is -2.31. The number of aryl methyl sites for hydroxylation is 1. The molecule has 0 unspecified atom stereocenters. The van der Waals surface area contributed by atoms with Crippen molar-refractivity contribution in [1.29, 1.82) is 0 Å². The molecule has 1 atom stereocenters. The van der Waals surface area contributed by atoms with Crippen molar-refractivity contribution in [2.75, 3.05) is 0 Å². The molecule has 0 radical (unpaired) electrons. The SMILES string of the molecule is CCCC[C@H]1S/C(=N\N=C/c2ccc(C)cc2)N(Cc2ccc(F)cc2)C1=O. The predicted octanol–water partition coefficient (Wildman–Crippen LogP) is 5.16. The van der Waals surface area contributed by atoms with E-state index in [0.29, 0.717) is 11.7 Å². The van der Waals surface area contributed by atoms with Crippen molar-refractivity contribution in [3.63, 3.8) is 0 Å². The Hall–Kier alpha value is -2.47. The Bertz CT molecular complexity index is 862. The first-order chi connectivity index (χ1) is 13.6. The van der Waals surface area contributed by atoms with E-state index in [2.05, 4.69) is 17.1 Å². The number of hydrogen-bond acceptors (Lipinski definition) is 4. The van der Waals surface area contributed by atoms with Gasteiger partial charge in [-0.2, -0.15) is 5.10 Å². The van der Waals surface area contributed by atoms with Gasteiger partial charge in [-0.25, -0.2) is 4.39 Å². The van der Waals surface area contributed by atoms with Gasteiger partial charge in [0, 0.05) is 0 Å². The van der Waals surface area contributed by atoms with Crippen molar-refractivity contribution >= 4 is 29.1 Å². The number of amides is 1. The van der Waals surface area contributed by atoms with Crippen LogP contribution in [0, 0.1) is 12.7 Å². The second-order valence-corrected chi connectivity index (χ2v) is 8.01. The van der Waals surface area contributed by atoms with Gasteiger partial charge >= 0.3 is 0 Å². The first kappa shape index (κ1) is 20.3.